The van der Waals surface area contributed by atoms with Crippen LogP contribution in [-0.4, -0.2) is 9.97 Å². The second-order valence-corrected chi connectivity index (χ2v) is 3.94. The van der Waals surface area contributed by atoms with Gasteiger partial charge in [-0.25, -0.2) is 14.4 Å². The Morgan fingerprint density at radius 2 is 1.94 bits per heavy atom. The maximum absolute atomic E-state index is 13.0. The molecule has 0 saturated carbocycles. The predicted octanol–water partition coefficient (Wildman–Crippen LogP) is 2.70. The SMILES string of the molecule is Nc1cnc(Nc2cc(F)ccc2Br)nc1. The van der Waals surface area contributed by atoms with Gasteiger partial charge in [0.05, 0.1) is 23.8 Å². The summed E-state index contributed by atoms with van der Waals surface area (Å²) in [5.74, 6) is 0.0293. The molecule has 6 heteroatoms. The highest BCUT2D eigenvalue weighted by Gasteiger charge is 2.03. The van der Waals surface area contributed by atoms with E-state index in [0.29, 0.717) is 17.3 Å². The number of hydrogen-bond acceptors (Lipinski definition) is 4. The molecule has 0 fully saturated rings. The van der Waals surface area contributed by atoms with Crippen LogP contribution in [0.3, 0.4) is 0 Å². The summed E-state index contributed by atoms with van der Waals surface area (Å²) in [4.78, 5) is 7.91. The molecule has 0 aliphatic heterocycles. The van der Waals surface area contributed by atoms with E-state index in [-0.39, 0.29) is 5.82 Å². The number of anilines is 3. The predicted molar refractivity (Wildman–Crippen MR) is 63.8 cm³/mol. The van der Waals surface area contributed by atoms with Crippen LogP contribution in [0.5, 0.6) is 0 Å². The summed E-state index contributed by atoms with van der Waals surface area (Å²) < 4.78 is 13.7. The second-order valence-electron chi connectivity index (χ2n) is 3.09. The Morgan fingerprint density at radius 3 is 2.62 bits per heavy atom. The van der Waals surface area contributed by atoms with Gasteiger partial charge in [0.2, 0.25) is 5.95 Å². The van der Waals surface area contributed by atoms with Gasteiger partial charge < -0.3 is 11.1 Å². The first-order valence-electron chi connectivity index (χ1n) is 4.45. The molecule has 0 bridgehead atoms. The van der Waals surface area contributed by atoms with Gasteiger partial charge in [-0.2, -0.15) is 0 Å². The maximum atomic E-state index is 13.0. The van der Waals surface area contributed by atoms with Crippen molar-refractivity contribution in [3.8, 4) is 0 Å². The van der Waals surface area contributed by atoms with Crippen molar-refractivity contribution in [3.63, 3.8) is 0 Å². The van der Waals surface area contributed by atoms with E-state index in [9.17, 15) is 4.39 Å². The Bertz CT molecular complexity index is 501. The van der Waals surface area contributed by atoms with Gasteiger partial charge in [0, 0.05) is 4.47 Å². The molecule has 16 heavy (non-hydrogen) atoms. The summed E-state index contributed by atoms with van der Waals surface area (Å²) in [6, 6.07) is 4.32. The molecular formula is C10H8BrFN4. The normalized spacial score (nSPS) is 10.1. The highest BCUT2D eigenvalue weighted by Crippen LogP contribution is 2.25. The first-order chi connectivity index (χ1) is 7.65. The zero-order valence-corrected chi connectivity index (χ0v) is 9.70. The molecule has 0 unspecified atom stereocenters. The van der Waals surface area contributed by atoms with E-state index >= 15 is 0 Å². The first-order valence-corrected chi connectivity index (χ1v) is 5.24. The largest absolute Gasteiger partial charge is 0.396 e. The van der Waals surface area contributed by atoms with Crippen LogP contribution in [-0.2, 0) is 0 Å². The number of aromatic nitrogens is 2. The quantitative estimate of drug-likeness (QED) is 0.889. The number of rotatable bonds is 2. The van der Waals surface area contributed by atoms with Crippen molar-refractivity contribution < 1.29 is 4.39 Å². The Morgan fingerprint density at radius 1 is 1.25 bits per heavy atom. The molecule has 2 aromatic rings. The Kier molecular flexibility index (Phi) is 3.00. The molecule has 1 heterocycles. The molecule has 2 rings (SSSR count). The fourth-order valence-corrected chi connectivity index (χ4v) is 1.46. The Labute approximate surface area is 99.9 Å². The van der Waals surface area contributed by atoms with Crippen molar-refractivity contribution in [2.45, 2.75) is 0 Å². The summed E-state index contributed by atoms with van der Waals surface area (Å²) in [6.07, 6.45) is 2.95. The highest BCUT2D eigenvalue weighted by molar-refractivity contribution is 9.10. The molecule has 1 aromatic heterocycles. The minimum absolute atomic E-state index is 0.332. The molecule has 0 aliphatic rings. The van der Waals surface area contributed by atoms with Gasteiger partial charge in [0.1, 0.15) is 5.82 Å². The van der Waals surface area contributed by atoms with E-state index in [1.54, 1.807) is 6.07 Å². The number of nitrogens with zero attached hydrogens (tertiary/aromatic N) is 2. The number of nitrogens with two attached hydrogens (primary N) is 1. The van der Waals surface area contributed by atoms with E-state index in [0.717, 1.165) is 4.47 Å². The number of benzene rings is 1. The van der Waals surface area contributed by atoms with Crippen molar-refractivity contribution >= 4 is 33.3 Å². The molecule has 3 N–H and O–H groups in total. The van der Waals surface area contributed by atoms with E-state index < -0.39 is 0 Å². The van der Waals surface area contributed by atoms with E-state index in [1.165, 1.54) is 24.5 Å². The van der Waals surface area contributed by atoms with E-state index in [4.69, 9.17) is 5.73 Å². The van der Waals surface area contributed by atoms with Crippen LogP contribution in [0.1, 0.15) is 0 Å². The van der Waals surface area contributed by atoms with Gasteiger partial charge in [0.15, 0.2) is 0 Å². The lowest BCUT2D eigenvalue weighted by molar-refractivity contribution is 0.628. The summed E-state index contributed by atoms with van der Waals surface area (Å²) >= 11 is 3.29. The van der Waals surface area contributed by atoms with E-state index in [1.807, 2.05) is 0 Å². The zero-order chi connectivity index (χ0) is 11.5. The fourth-order valence-electron chi connectivity index (χ4n) is 1.12. The van der Waals surface area contributed by atoms with Crippen molar-refractivity contribution in [2.24, 2.45) is 0 Å². The number of nitrogen functional groups attached to an aromatic ring is 1. The lowest BCUT2D eigenvalue weighted by atomic mass is 10.3. The first kappa shape index (κ1) is 10.8. The van der Waals surface area contributed by atoms with E-state index in [2.05, 4.69) is 31.2 Å². The topological polar surface area (TPSA) is 63.8 Å². The lowest BCUT2D eigenvalue weighted by Crippen LogP contribution is -1.98. The minimum Gasteiger partial charge on any atom is -0.396 e. The lowest BCUT2D eigenvalue weighted by Gasteiger charge is -2.06. The smallest absolute Gasteiger partial charge is 0.227 e. The van der Waals surface area contributed by atoms with Crippen LogP contribution in [0.25, 0.3) is 0 Å². The van der Waals surface area contributed by atoms with Crippen molar-refractivity contribution in [3.05, 3.63) is 40.9 Å². The molecule has 0 saturated heterocycles. The van der Waals surface area contributed by atoms with Gasteiger partial charge in [-0.05, 0) is 34.1 Å². The highest BCUT2D eigenvalue weighted by atomic mass is 79.9. The van der Waals surface area contributed by atoms with Gasteiger partial charge in [-0.1, -0.05) is 0 Å². The monoisotopic (exact) mass is 282 g/mol. The van der Waals surface area contributed by atoms with Crippen molar-refractivity contribution in [1.82, 2.24) is 9.97 Å². The summed E-state index contributed by atoms with van der Waals surface area (Å²) in [5.41, 5.74) is 6.49. The molecule has 0 spiro atoms. The van der Waals surface area contributed by atoms with Crippen LogP contribution in [0.4, 0.5) is 21.7 Å². The van der Waals surface area contributed by atoms with Crippen LogP contribution in [0, 0.1) is 5.82 Å². The summed E-state index contributed by atoms with van der Waals surface area (Å²) in [7, 11) is 0. The van der Waals surface area contributed by atoms with Gasteiger partial charge >= 0.3 is 0 Å². The molecule has 4 nitrogen and oxygen atoms in total. The average molecular weight is 283 g/mol. The standard InChI is InChI=1S/C10H8BrFN4/c11-8-2-1-6(12)3-9(8)16-10-14-4-7(13)5-15-10/h1-5H,13H2,(H,14,15,16). The Hall–Kier alpha value is -1.69. The molecule has 0 aliphatic carbocycles. The summed E-state index contributed by atoms with van der Waals surface area (Å²) in [6.45, 7) is 0. The van der Waals surface area contributed by atoms with Gasteiger partial charge in [0.25, 0.3) is 0 Å². The number of nitrogens with one attached hydrogen (secondary N) is 1. The van der Waals surface area contributed by atoms with Crippen LogP contribution in [0.2, 0.25) is 0 Å². The maximum Gasteiger partial charge on any atom is 0.227 e. The zero-order valence-electron chi connectivity index (χ0n) is 8.11. The summed E-state index contributed by atoms with van der Waals surface area (Å²) in [5, 5.41) is 2.88. The minimum atomic E-state index is -0.332. The van der Waals surface area contributed by atoms with Crippen molar-refractivity contribution in [2.75, 3.05) is 11.1 Å². The molecule has 0 radical (unpaired) electrons. The molecule has 0 amide bonds. The third-order valence-corrected chi connectivity index (χ3v) is 2.54. The Balaban J connectivity index is 2.26. The van der Waals surface area contributed by atoms with Crippen molar-refractivity contribution in [1.29, 1.82) is 0 Å². The number of hydrogen-bond donors (Lipinski definition) is 2. The van der Waals surface area contributed by atoms with Gasteiger partial charge in [-0.3, -0.25) is 0 Å². The second kappa shape index (κ2) is 4.44. The van der Waals surface area contributed by atoms with Crippen LogP contribution < -0.4 is 11.1 Å². The molecule has 82 valence electrons. The number of halogens is 2. The third kappa shape index (κ3) is 2.46. The molecule has 1 aromatic carbocycles. The average Bonchev–Trinajstić information content (AvgIpc) is 2.27. The third-order valence-electron chi connectivity index (χ3n) is 1.85. The van der Waals surface area contributed by atoms with Gasteiger partial charge in [-0.15, -0.1) is 0 Å². The van der Waals surface area contributed by atoms with Crippen LogP contribution >= 0.6 is 15.9 Å². The molecule has 0 atom stereocenters. The fraction of sp³-hybridized carbons (Fsp3) is 0. The van der Waals surface area contributed by atoms with Crippen LogP contribution in [0.15, 0.2) is 35.1 Å². The molecular weight excluding hydrogens is 275 g/mol.